The van der Waals surface area contributed by atoms with Crippen LogP contribution in [0.4, 0.5) is 0 Å². The van der Waals surface area contributed by atoms with Crippen LogP contribution in [0, 0.1) is 0 Å². The van der Waals surface area contributed by atoms with E-state index in [0.29, 0.717) is 32.0 Å². The third kappa shape index (κ3) is 2.25. The molecule has 0 unspecified atom stereocenters. The number of hydrogen-bond donors (Lipinski definition) is 0. The SMILES string of the molecule is CC[C@H]1O[C@@]2(C)O[C@@H]1CC[C@H]2[Se]c1ccccc1. The van der Waals surface area contributed by atoms with Crippen molar-refractivity contribution in [1.29, 1.82) is 0 Å². The van der Waals surface area contributed by atoms with E-state index in [1.165, 1.54) is 10.9 Å². The molecule has 2 nitrogen and oxygen atoms in total. The van der Waals surface area contributed by atoms with Crippen molar-refractivity contribution < 1.29 is 9.47 Å². The van der Waals surface area contributed by atoms with E-state index in [-0.39, 0.29) is 5.79 Å². The molecule has 2 aliphatic rings. The molecule has 18 heavy (non-hydrogen) atoms. The van der Waals surface area contributed by atoms with Gasteiger partial charge in [-0.2, -0.15) is 0 Å². The molecule has 2 aliphatic heterocycles. The Morgan fingerprint density at radius 2 is 2.00 bits per heavy atom. The molecule has 0 N–H and O–H groups in total. The zero-order valence-corrected chi connectivity index (χ0v) is 12.7. The standard InChI is InChI=1S/C15H20O2Se/c1-3-12-13-9-10-14(15(2,16-12)17-13)18-11-7-5-4-6-8-11/h4-8,12-14H,3,9-10H2,1-2H3/t12-,13-,14-,15+/m1/s1. The minimum absolute atomic E-state index is 0.312. The van der Waals surface area contributed by atoms with E-state index in [9.17, 15) is 0 Å². The van der Waals surface area contributed by atoms with Crippen LogP contribution in [-0.4, -0.2) is 33.0 Å². The van der Waals surface area contributed by atoms with Crippen molar-refractivity contribution in [3.63, 3.8) is 0 Å². The Hall–Kier alpha value is -0.341. The monoisotopic (exact) mass is 312 g/mol. The Bertz CT molecular complexity index is 408. The Morgan fingerprint density at radius 3 is 2.72 bits per heavy atom. The molecular formula is C15H20O2Se. The molecule has 3 heteroatoms. The van der Waals surface area contributed by atoms with Crippen molar-refractivity contribution >= 4 is 19.4 Å². The molecule has 98 valence electrons. The van der Waals surface area contributed by atoms with Crippen LogP contribution in [0.2, 0.25) is 4.82 Å². The van der Waals surface area contributed by atoms with Gasteiger partial charge in [0.1, 0.15) is 0 Å². The Morgan fingerprint density at radius 1 is 1.22 bits per heavy atom. The molecule has 2 heterocycles. The topological polar surface area (TPSA) is 18.5 Å². The van der Waals surface area contributed by atoms with Gasteiger partial charge in [-0.3, -0.25) is 0 Å². The molecule has 0 radical (unpaired) electrons. The summed E-state index contributed by atoms with van der Waals surface area (Å²) >= 11 is 0.434. The fraction of sp³-hybridized carbons (Fsp3) is 0.600. The van der Waals surface area contributed by atoms with Crippen molar-refractivity contribution in [2.75, 3.05) is 0 Å². The predicted octanol–water partition coefficient (Wildman–Crippen LogP) is 2.51. The van der Waals surface area contributed by atoms with Crippen LogP contribution in [0.25, 0.3) is 0 Å². The summed E-state index contributed by atoms with van der Waals surface area (Å²) in [4.78, 5) is 0.542. The first-order chi connectivity index (χ1) is 8.71. The summed E-state index contributed by atoms with van der Waals surface area (Å²) in [6, 6.07) is 10.8. The first kappa shape index (κ1) is 12.7. The third-order valence-electron chi connectivity index (χ3n) is 3.91. The zero-order chi connectivity index (χ0) is 12.6. The number of hydrogen-bond acceptors (Lipinski definition) is 2. The van der Waals surface area contributed by atoms with Crippen LogP contribution >= 0.6 is 0 Å². The van der Waals surface area contributed by atoms with E-state index >= 15 is 0 Å². The van der Waals surface area contributed by atoms with Gasteiger partial charge in [0.2, 0.25) is 0 Å². The summed E-state index contributed by atoms with van der Waals surface area (Å²) in [6.45, 7) is 4.33. The molecule has 0 spiro atoms. The average Bonchev–Trinajstić information content (AvgIpc) is 2.67. The fourth-order valence-corrected chi connectivity index (χ4v) is 5.49. The number of ether oxygens (including phenoxy) is 2. The molecule has 3 rings (SSSR count). The maximum absolute atomic E-state index is 6.20. The van der Waals surface area contributed by atoms with E-state index in [2.05, 4.69) is 44.2 Å². The van der Waals surface area contributed by atoms with Crippen molar-refractivity contribution in [3.8, 4) is 0 Å². The van der Waals surface area contributed by atoms with Crippen LogP contribution in [0.1, 0.15) is 33.1 Å². The first-order valence-electron chi connectivity index (χ1n) is 6.78. The first-order valence-corrected chi connectivity index (χ1v) is 8.63. The van der Waals surface area contributed by atoms with Gasteiger partial charge in [-0.1, -0.05) is 0 Å². The van der Waals surface area contributed by atoms with Crippen molar-refractivity contribution in [1.82, 2.24) is 0 Å². The second-order valence-corrected chi connectivity index (χ2v) is 7.91. The van der Waals surface area contributed by atoms with Crippen LogP contribution in [0.3, 0.4) is 0 Å². The predicted molar refractivity (Wildman–Crippen MR) is 73.3 cm³/mol. The van der Waals surface area contributed by atoms with Gasteiger partial charge in [-0.25, -0.2) is 0 Å². The van der Waals surface area contributed by atoms with Gasteiger partial charge in [0.25, 0.3) is 0 Å². The summed E-state index contributed by atoms with van der Waals surface area (Å²) in [5.74, 6) is -0.334. The molecule has 4 atom stereocenters. The molecule has 2 fully saturated rings. The molecule has 0 aromatic heterocycles. The molecule has 1 aromatic carbocycles. The molecule has 0 amide bonds. The van der Waals surface area contributed by atoms with Gasteiger partial charge in [0.15, 0.2) is 0 Å². The van der Waals surface area contributed by atoms with E-state index in [1.54, 1.807) is 0 Å². The number of benzene rings is 1. The quantitative estimate of drug-likeness (QED) is 0.799. The van der Waals surface area contributed by atoms with Gasteiger partial charge in [-0.05, 0) is 0 Å². The summed E-state index contributed by atoms with van der Waals surface area (Å²) in [7, 11) is 0. The fourth-order valence-electron chi connectivity index (χ4n) is 2.93. The van der Waals surface area contributed by atoms with Gasteiger partial charge in [0, 0.05) is 0 Å². The molecule has 0 aliphatic carbocycles. The molecule has 1 aromatic rings. The Kier molecular flexibility index (Phi) is 3.50. The van der Waals surface area contributed by atoms with E-state index in [0.717, 1.165) is 12.8 Å². The zero-order valence-electron chi connectivity index (χ0n) is 11.0. The van der Waals surface area contributed by atoms with Gasteiger partial charge in [0.05, 0.1) is 0 Å². The Balaban J connectivity index is 1.74. The van der Waals surface area contributed by atoms with E-state index < -0.39 is 0 Å². The van der Waals surface area contributed by atoms with Gasteiger partial charge in [-0.15, -0.1) is 0 Å². The average molecular weight is 311 g/mol. The van der Waals surface area contributed by atoms with E-state index in [4.69, 9.17) is 9.47 Å². The Labute approximate surface area is 115 Å². The summed E-state index contributed by atoms with van der Waals surface area (Å²) in [5.41, 5.74) is 0. The van der Waals surface area contributed by atoms with Gasteiger partial charge >= 0.3 is 115 Å². The molecule has 2 bridgehead atoms. The molecular weight excluding hydrogens is 291 g/mol. The summed E-state index contributed by atoms with van der Waals surface area (Å²) in [6.07, 6.45) is 4.11. The second-order valence-electron chi connectivity index (χ2n) is 5.23. The molecule has 0 saturated carbocycles. The van der Waals surface area contributed by atoms with Gasteiger partial charge < -0.3 is 0 Å². The summed E-state index contributed by atoms with van der Waals surface area (Å²) in [5, 5.41) is 0. The van der Waals surface area contributed by atoms with Crippen LogP contribution in [0.15, 0.2) is 30.3 Å². The van der Waals surface area contributed by atoms with Crippen LogP contribution < -0.4 is 4.46 Å². The van der Waals surface area contributed by atoms with Crippen molar-refractivity contribution in [2.24, 2.45) is 0 Å². The summed E-state index contributed by atoms with van der Waals surface area (Å²) < 4.78 is 13.8. The minimum atomic E-state index is -0.334. The normalized spacial score (nSPS) is 38.9. The van der Waals surface area contributed by atoms with E-state index in [1.807, 2.05) is 0 Å². The molecule has 2 saturated heterocycles. The van der Waals surface area contributed by atoms with Crippen molar-refractivity contribution in [2.45, 2.75) is 55.9 Å². The van der Waals surface area contributed by atoms with Crippen molar-refractivity contribution in [3.05, 3.63) is 30.3 Å². The number of fused-ring (bicyclic) bond motifs is 2. The maximum atomic E-state index is 6.20. The van der Waals surface area contributed by atoms with Crippen LogP contribution in [-0.2, 0) is 9.47 Å². The number of rotatable bonds is 3. The second kappa shape index (κ2) is 4.97. The third-order valence-corrected chi connectivity index (χ3v) is 7.04. The van der Waals surface area contributed by atoms with Crippen LogP contribution in [0.5, 0.6) is 0 Å².